The second-order valence-electron chi connectivity index (χ2n) is 5.64. The number of nitrogens with zero attached hydrogens (tertiary/aromatic N) is 3. The Labute approximate surface area is 144 Å². The van der Waals surface area contributed by atoms with Crippen molar-refractivity contribution in [3.63, 3.8) is 0 Å². The van der Waals surface area contributed by atoms with Gasteiger partial charge in [0.15, 0.2) is 0 Å². The van der Waals surface area contributed by atoms with Crippen LogP contribution in [0.15, 0.2) is 70.7 Å². The van der Waals surface area contributed by atoms with Gasteiger partial charge in [0.1, 0.15) is 16.8 Å². The molecular weight excluding hydrogens is 340 g/mol. The summed E-state index contributed by atoms with van der Waals surface area (Å²) in [4.78, 5) is 4.57. The van der Waals surface area contributed by atoms with E-state index in [0.29, 0.717) is 5.69 Å². The number of aryl methyl sites for hydroxylation is 1. The van der Waals surface area contributed by atoms with Crippen LogP contribution in [-0.4, -0.2) is 23.0 Å². The lowest BCUT2D eigenvalue weighted by Gasteiger charge is -2.06. The first-order chi connectivity index (χ1) is 12.0. The molecule has 0 amide bonds. The highest BCUT2D eigenvalue weighted by Gasteiger charge is 2.17. The summed E-state index contributed by atoms with van der Waals surface area (Å²) in [6.07, 6.45) is 6.08. The quantitative estimate of drug-likeness (QED) is 0.608. The summed E-state index contributed by atoms with van der Waals surface area (Å²) in [5.74, 6) is 0. The van der Waals surface area contributed by atoms with Gasteiger partial charge in [0.05, 0.1) is 11.9 Å². The molecule has 0 spiro atoms. The van der Waals surface area contributed by atoms with Crippen LogP contribution >= 0.6 is 0 Å². The molecule has 0 aliphatic rings. The van der Waals surface area contributed by atoms with Crippen molar-refractivity contribution in [1.82, 2.24) is 14.5 Å². The highest BCUT2D eigenvalue weighted by atomic mass is 32.2. The van der Waals surface area contributed by atoms with Gasteiger partial charge < -0.3 is 8.92 Å². The van der Waals surface area contributed by atoms with Crippen LogP contribution in [0.5, 0.6) is 0 Å². The molecule has 8 heteroatoms. The molecule has 4 aromatic rings. The zero-order valence-corrected chi connectivity index (χ0v) is 14.1. The van der Waals surface area contributed by atoms with Crippen LogP contribution in [0.1, 0.15) is 5.56 Å². The van der Waals surface area contributed by atoms with Crippen molar-refractivity contribution in [3.8, 4) is 11.3 Å². The third kappa shape index (κ3) is 2.99. The van der Waals surface area contributed by atoms with E-state index < -0.39 is 10.0 Å². The van der Waals surface area contributed by atoms with Gasteiger partial charge in [-0.15, -0.1) is 0 Å². The van der Waals surface area contributed by atoms with Crippen molar-refractivity contribution in [2.45, 2.75) is 11.8 Å². The zero-order chi connectivity index (χ0) is 17.4. The zero-order valence-electron chi connectivity index (χ0n) is 13.2. The number of hydrogen-bond donors (Lipinski definition) is 1. The molecule has 0 saturated carbocycles. The lowest BCUT2D eigenvalue weighted by atomic mass is 10.1. The van der Waals surface area contributed by atoms with Crippen LogP contribution in [-0.2, 0) is 10.0 Å². The van der Waals surface area contributed by atoms with E-state index in [1.807, 2.05) is 41.9 Å². The third-order valence-corrected chi connectivity index (χ3v) is 5.07. The number of rotatable bonds is 4. The fourth-order valence-corrected chi connectivity index (χ4v) is 3.41. The van der Waals surface area contributed by atoms with E-state index >= 15 is 0 Å². The lowest BCUT2D eigenvalue weighted by Crippen LogP contribution is -2.12. The number of hydrogen-bond acceptors (Lipinski definition) is 5. The standard InChI is InChI=1S/C17H14N4O3S/c1-12-5-6-21-10-16(19-17(21)7-12)13-3-2-4-14(8-13)20-25(22,23)15-9-18-24-11-15/h2-11,20H,1H3. The van der Waals surface area contributed by atoms with Crippen molar-refractivity contribution in [2.75, 3.05) is 4.72 Å². The molecule has 3 aromatic heterocycles. The summed E-state index contributed by atoms with van der Waals surface area (Å²) in [6.45, 7) is 2.01. The van der Waals surface area contributed by atoms with Crippen LogP contribution in [0.3, 0.4) is 0 Å². The van der Waals surface area contributed by atoms with Gasteiger partial charge in [-0.05, 0) is 36.8 Å². The van der Waals surface area contributed by atoms with E-state index in [9.17, 15) is 8.42 Å². The number of nitrogens with one attached hydrogen (secondary N) is 1. The summed E-state index contributed by atoms with van der Waals surface area (Å²) >= 11 is 0. The van der Waals surface area contributed by atoms with Gasteiger partial charge in [0.2, 0.25) is 0 Å². The van der Waals surface area contributed by atoms with E-state index in [-0.39, 0.29) is 4.90 Å². The van der Waals surface area contributed by atoms with Gasteiger partial charge in [-0.3, -0.25) is 4.72 Å². The fourth-order valence-electron chi connectivity index (χ4n) is 2.51. The van der Waals surface area contributed by atoms with Gasteiger partial charge in [-0.2, -0.15) is 0 Å². The topological polar surface area (TPSA) is 89.5 Å². The van der Waals surface area contributed by atoms with E-state index in [2.05, 4.69) is 19.4 Å². The smallest absolute Gasteiger partial charge is 0.266 e. The molecule has 0 bridgehead atoms. The second-order valence-corrected chi connectivity index (χ2v) is 7.32. The van der Waals surface area contributed by atoms with Gasteiger partial charge in [-0.25, -0.2) is 13.4 Å². The second kappa shape index (κ2) is 5.75. The van der Waals surface area contributed by atoms with Gasteiger partial charge in [-0.1, -0.05) is 17.3 Å². The predicted octanol–water partition coefficient (Wildman–Crippen LogP) is 3.10. The maximum absolute atomic E-state index is 12.3. The Morgan fingerprint density at radius 3 is 2.88 bits per heavy atom. The first-order valence-electron chi connectivity index (χ1n) is 7.49. The van der Waals surface area contributed by atoms with Crippen LogP contribution in [0.25, 0.3) is 16.9 Å². The van der Waals surface area contributed by atoms with Gasteiger partial charge >= 0.3 is 0 Å². The SMILES string of the molecule is Cc1ccn2cc(-c3cccc(NS(=O)(=O)c4cnoc4)c3)nc2c1. The number of fused-ring (bicyclic) bond motifs is 1. The Hall–Kier alpha value is -3.13. The molecule has 0 saturated heterocycles. The first kappa shape index (κ1) is 15.4. The number of anilines is 1. The normalized spacial score (nSPS) is 11.7. The van der Waals surface area contributed by atoms with E-state index in [0.717, 1.165) is 34.9 Å². The van der Waals surface area contributed by atoms with Crippen molar-refractivity contribution >= 4 is 21.4 Å². The average molecular weight is 354 g/mol. The molecular formula is C17H14N4O3S. The molecule has 0 radical (unpaired) electrons. The summed E-state index contributed by atoms with van der Waals surface area (Å²) in [5, 5.41) is 3.42. The minimum absolute atomic E-state index is 0.0268. The molecule has 25 heavy (non-hydrogen) atoms. The minimum atomic E-state index is -3.73. The van der Waals surface area contributed by atoms with Crippen molar-refractivity contribution < 1.29 is 12.9 Å². The molecule has 0 unspecified atom stereocenters. The Bertz CT molecular complexity index is 1150. The van der Waals surface area contributed by atoms with Gasteiger partial charge in [0, 0.05) is 23.6 Å². The summed E-state index contributed by atoms with van der Waals surface area (Å²) < 4.78 is 33.5. The van der Waals surface area contributed by atoms with E-state index in [4.69, 9.17) is 0 Å². The monoisotopic (exact) mass is 354 g/mol. The number of pyridine rings is 1. The maximum Gasteiger partial charge on any atom is 0.266 e. The number of aromatic nitrogens is 3. The molecule has 7 nitrogen and oxygen atoms in total. The largest absolute Gasteiger partial charge is 0.363 e. The molecule has 0 aliphatic heterocycles. The van der Waals surface area contributed by atoms with Crippen LogP contribution < -0.4 is 4.72 Å². The molecule has 0 fully saturated rings. The van der Waals surface area contributed by atoms with Crippen LogP contribution in [0.4, 0.5) is 5.69 Å². The van der Waals surface area contributed by atoms with E-state index in [1.165, 1.54) is 0 Å². The minimum Gasteiger partial charge on any atom is -0.363 e. The Balaban J connectivity index is 1.69. The highest BCUT2D eigenvalue weighted by Crippen LogP contribution is 2.24. The molecule has 0 aliphatic carbocycles. The van der Waals surface area contributed by atoms with Crippen molar-refractivity contribution in [3.05, 3.63) is 66.8 Å². The molecule has 4 rings (SSSR count). The number of imidazole rings is 1. The Morgan fingerprint density at radius 2 is 2.08 bits per heavy atom. The van der Waals surface area contributed by atoms with Gasteiger partial charge in [0.25, 0.3) is 10.0 Å². The molecule has 126 valence electrons. The summed E-state index contributed by atoms with van der Waals surface area (Å²) in [6, 6.07) is 11.1. The average Bonchev–Trinajstić information content (AvgIpc) is 3.24. The number of sulfonamides is 1. The van der Waals surface area contributed by atoms with Crippen molar-refractivity contribution in [1.29, 1.82) is 0 Å². The molecule has 3 heterocycles. The number of benzene rings is 1. The van der Waals surface area contributed by atoms with E-state index in [1.54, 1.807) is 18.2 Å². The lowest BCUT2D eigenvalue weighted by molar-refractivity contribution is 0.417. The summed E-state index contributed by atoms with van der Waals surface area (Å²) in [7, 11) is -3.73. The van der Waals surface area contributed by atoms with Crippen LogP contribution in [0, 0.1) is 6.92 Å². The molecule has 0 atom stereocenters. The van der Waals surface area contributed by atoms with Crippen LogP contribution in [0.2, 0.25) is 0 Å². The van der Waals surface area contributed by atoms with Crippen molar-refractivity contribution in [2.24, 2.45) is 0 Å². The fraction of sp³-hybridized carbons (Fsp3) is 0.0588. The predicted molar refractivity (Wildman–Crippen MR) is 92.7 cm³/mol. The molecule has 1 aromatic carbocycles. The Morgan fingerprint density at radius 1 is 1.20 bits per heavy atom. The molecule has 1 N–H and O–H groups in total. The first-order valence-corrected chi connectivity index (χ1v) is 8.98. The third-order valence-electron chi connectivity index (χ3n) is 3.75. The Kier molecular flexibility index (Phi) is 3.54. The highest BCUT2D eigenvalue weighted by molar-refractivity contribution is 7.92. The maximum atomic E-state index is 12.3. The summed E-state index contributed by atoms with van der Waals surface area (Å²) in [5.41, 5.74) is 3.97.